The summed E-state index contributed by atoms with van der Waals surface area (Å²) in [6.07, 6.45) is 8.68. The lowest BCUT2D eigenvalue weighted by molar-refractivity contribution is -0.140. The number of pyridine rings is 1. The van der Waals surface area contributed by atoms with Crippen LogP contribution < -0.4 is 4.90 Å². The van der Waals surface area contributed by atoms with E-state index in [9.17, 15) is 9.59 Å². The highest BCUT2D eigenvalue weighted by Gasteiger charge is 2.41. The van der Waals surface area contributed by atoms with Gasteiger partial charge >= 0.3 is 0 Å². The topological polar surface area (TPSA) is 53.5 Å². The molecule has 5 nitrogen and oxygen atoms in total. The van der Waals surface area contributed by atoms with Gasteiger partial charge in [-0.2, -0.15) is 0 Å². The molecular formula is C17H21N3O2S. The Kier molecular flexibility index (Phi) is 4.01. The summed E-state index contributed by atoms with van der Waals surface area (Å²) in [7, 11) is 0. The number of amides is 2. The molecule has 0 aromatic carbocycles. The van der Waals surface area contributed by atoms with Gasteiger partial charge in [0.25, 0.3) is 5.91 Å². The van der Waals surface area contributed by atoms with Crippen molar-refractivity contribution < 1.29 is 9.59 Å². The number of carbonyl (C=O) groups excluding carboxylic acids is 2. The van der Waals surface area contributed by atoms with Gasteiger partial charge in [0.05, 0.1) is 11.6 Å². The molecule has 0 radical (unpaired) electrons. The third-order valence-corrected chi connectivity index (χ3v) is 6.21. The third kappa shape index (κ3) is 2.63. The zero-order valence-electron chi connectivity index (χ0n) is 13.1. The van der Waals surface area contributed by atoms with Crippen LogP contribution in [-0.4, -0.2) is 45.9 Å². The number of hydrogen-bond acceptors (Lipinski definition) is 4. The van der Waals surface area contributed by atoms with E-state index in [2.05, 4.69) is 4.98 Å². The van der Waals surface area contributed by atoms with Crippen LogP contribution in [0.25, 0.3) is 0 Å². The van der Waals surface area contributed by atoms with E-state index in [1.54, 1.807) is 18.0 Å². The second-order valence-electron chi connectivity index (χ2n) is 6.55. The minimum atomic E-state index is -0.299. The summed E-state index contributed by atoms with van der Waals surface area (Å²) in [6, 6.07) is 1.61. The van der Waals surface area contributed by atoms with E-state index in [1.165, 1.54) is 0 Å². The van der Waals surface area contributed by atoms with Crippen molar-refractivity contribution in [3.63, 3.8) is 0 Å². The molecule has 23 heavy (non-hydrogen) atoms. The SMILES string of the molecule is O=C([C@H]1CSCN1C(=O)C1CCCC1)N1CCc2cnccc21. The molecule has 6 heteroatoms. The van der Waals surface area contributed by atoms with Crippen LogP contribution in [0.4, 0.5) is 5.69 Å². The van der Waals surface area contributed by atoms with Gasteiger partial charge < -0.3 is 9.80 Å². The predicted molar refractivity (Wildman–Crippen MR) is 90.2 cm³/mol. The van der Waals surface area contributed by atoms with E-state index in [4.69, 9.17) is 0 Å². The van der Waals surface area contributed by atoms with E-state index >= 15 is 0 Å². The van der Waals surface area contributed by atoms with E-state index in [-0.39, 0.29) is 23.8 Å². The highest BCUT2D eigenvalue weighted by atomic mass is 32.2. The second-order valence-corrected chi connectivity index (χ2v) is 7.55. The standard InChI is InChI=1S/C17H21N3O2S/c21-16(12-3-1-2-4-12)20-11-23-10-15(20)17(22)19-8-6-13-9-18-7-5-14(13)19/h5,7,9,12,15H,1-4,6,8,10-11H2/t15-/m1/s1. The summed E-state index contributed by atoms with van der Waals surface area (Å²) in [6.45, 7) is 0.701. The van der Waals surface area contributed by atoms with E-state index in [0.29, 0.717) is 18.2 Å². The van der Waals surface area contributed by atoms with Gasteiger partial charge in [-0.25, -0.2) is 0 Å². The Hall–Kier alpha value is -1.56. The summed E-state index contributed by atoms with van der Waals surface area (Å²) in [4.78, 5) is 33.6. The summed E-state index contributed by atoms with van der Waals surface area (Å²) >= 11 is 1.69. The predicted octanol–water partition coefficient (Wildman–Crippen LogP) is 2.06. The quantitative estimate of drug-likeness (QED) is 0.832. The molecule has 1 atom stereocenters. The molecule has 0 bridgehead atoms. The Morgan fingerprint density at radius 2 is 2.04 bits per heavy atom. The average Bonchev–Trinajstić information content (AvgIpc) is 3.33. The van der Waals surface area contributed by atoms with Crippen molar-refractivity contribution in [3.8, 4) is 0 Å². The van der Waals surface area contributed by atoms with Gasteiger partial charge in [0.2, 0.25) is 5.91 Å². The Labute approximate surface area is 140 Å². The van der Waals surface area contributed by atoms with Crippen LogP contribution in [-0.2, 0) is 16.0 Å². The number of rotatable bonds is 2. The highest BCUT2D eigenvalue weighted by molar-refractivity contribution is 7.99. The van der Waals surface area contributed by atoms with Crippen LogP contribution in [0.3, 0.4) is 0 Å². The third-order valence-electron chi connectivity index (χ3n) is 5.19. The van der Waals surface area contributed by atoms with Crippen molar-refractivity contribution in [2.45, 2.75) is 38.1 Å². The van der Waals surface area contributed by atoms with Crippen LogP contribution in [0.15, 0.2) is 18.5 Å². The van der Waals surface area contributed by atoms with Crippen molar-refractivity contribution in [2.75, 3.05) is 23.1 Å². The van der Waals surface area contributed by atoms with E-state index in [1.807, 2.05) is 22.1 Å². The minimum absolute atomic E-state index is 0.0753. The summed E-state index contributed by atoms with van der Waals surface area (Å²) in [5, 5.41) is 0. The normalized spacial score (nSPS) is 24.3. The first-order valence-electron chi connectivity index (χ1n) is 8.38. The Morgan fingerprint density at radius 3 is 2.87 bits per heavy atom. The molecule has 2 aliphatic heterocycles. The molecule has 1 saturated heterocycles. The second kappa shape index (κ2) is 6.15. The summed E-state index contributed by atoms with van der Waals surface area (Å²) in [5.74, 6) is 1.78. The molecule has 2 amide bonds. The van der Waals surface area contributed by atoms with Crippen LogP contribution in [0, 0.1) is 5.92 Å². The molecule has 3 aliphatic rings. The van der Waals surface area contributed by atoms with Crippen LogP contribution >= 0.6 is 11.8 Å². The maximum Gasteiger partial charge on any atom is 0.250 e. The van der Waals surface area contributed by atoms with Crippen LogP contribution in [0.2, 0.25) is 0 Å². The average molecular weight is 331 g/mol. The zero-order valence-corrected chi connectivity index (χ0v) is 13.9. The molecule has 122 valence electrons. The number of nitrogens with zero attached hydrogens (tertiary/aromatic N) is 3. The number of hydrogen-bond donors (Lipinski definition) is 0. The zero-order chi connectivity index (χ0) is 15.8. The number of thioether (sulfide) groups is 1. The molecule has 0 N–H and O–H groups in total. The Balaban J connectivity index is 1.52. The summed E-state index contributed by atoms with van der Waals surface area (Å²) in [5.41, 5.74) is 2.09. The monoisotopic (exact) mass is 331 g/mol. The van der Waals surface area contributed by atoms with Gasteiger partial charge in [0, 0.05) is 30.6 Å². The van der Waals surface area contributed by atoms with Gasteiger partial charge in [-0.05, 0) is 30.9 Å². The van der Waals surface area contributed by atoms with Gasteiger partial charge in [0.15, 0.2) is 0 Å². The van der Waals surface area contributed by atoms with Gasteiger partial charge in [-0.1, -0.05) is 12.8 Å². The number of carbonyl (C=O) groups is 2. The molecule has 4 rings (SSSR count). The largest absolute Gasteiger partial charge is 0.320 e. The maximum atomic E-state index is 13.0. The fraction of sp³-hybridized carbons (Fsp3) is 0.588. The smallest absolute Gasteiger partial charge is 0.250 e. The van der Waals surface area contributed by atoms with Gasteiger partial charge in [-0.15, -0.1) is 11.8 Å². The van der Waals surface area contributed by atoms with Gasteiger partial charge in [-0.3, -0.25) is 14.6 Å². The Morgan fingerprint density at radius 1 is 1.22 bits per heavy atom. The lowest BCUT2D eigenvalue weighted by atomic mass is 10.1. The van der Waals surface area contributed by atoms with Crippen molar-refractivity contribution in [1.82, 2.24) is 9.88 Å². The molecule has 1 aromatic heterocycles. The lowest BCUT2D eigenvalue weighted by Gasteiger charge is -2.29. The van der Waals surface area contributed by atoms with E-state index in [0.717, 1.165) is 43.4 Å². The van der Waals surface area contributed by atoms with Crippen molar-refractivity contribution in [3.05, 3.63) is 24.0 Å². The minimum Gasteiger partial charge on any atom is -0.320 e. The lowest BCUT2D eigenvalue weighted by Crippen LogP contribution is -2.50. The molecule has 1 aliphatic carbocycles. The van der Waals surface area contributed by atoms with Crippen molar-refractivity contribution >= 4 is 29.3 Å². The van der Waals surface area contributed by atoms with Crippen molar-refractivity contribution in [1.29, 1.82) is 0 Å². The maximum absolute atomic E-state index is 13.0. The Bertz CT molecular complexity index is 630. The number of aromatic nitrogens is 1. The molecule has 0 spiro atoms. The molecule has 2 fully saturated rings. The summed E-state index contributed by atoms with van der Waals surface area (Å²) < 4.78 is 0. The highest BCUT2D eigenvalue weighted by Crippen LogP contribution is 2.33. The molecule has 3 heterocycles. The molecular weight excluding hydrogens is 310 g/mol. The van der Waals surface area contributed by atoms with Gasteiger partial charge in [0.1, 0.15) is 6.04 Å². The van der Waals surface area contributed by atoms with Crippen LogP contribution in [0.1, 0.15) is 31.2 Å². The number of anilines is 1. The fourth-order valence-electron chi connectivity index (χ4n) is 3.91. The molecule has 1 saturated carbocycles. The molecule has 0 unspecified atom stereocenters. The first-order valence-corrected chi connectivity index (χ1v) is 9.53. The number of fused-ring (bicyclic) bond motifs is 1. The van der Waals surface area contributed by atoms with Crippen LogP contribution in [0.5, 0.6) is 0 Å². The van der Waals surface area contributed by atoms with E-state index < -0.39 is 0 Å². The van der Waals surface area contributed by atoms with Crippen molar-refractivity contribution in [2.24, 2.45) is 5.92 Å². The molecule has 1 aromatic rings. The fourth-order valence-corrected chi connectivity index (χ4v) is 5.06. The first-order chi connectivity index (χ1) is 11.3. The first kappa shape index (κ1) is 15.0.